The summed E-state index contributed by atoms with van der Waals surface area (Å²) in [4.78, 5) is 0.896. The van der Waals surface area contributed by atoms with Gasteiger partial charge in [-0.2, -0.15) is 0 Å². The average Bonchev–Trinajstić information content (AvgIpc) is 2.67. The van der Waals surface area contributed by atoms with Gasteiger partial charge in [-0.1, -0.05) is 30.0 Å². The van der Waals surface area contributed by atoms with Crippen molar-refractivity contribution in [3.63, 3.8) is 0 Å². The van der Waals surface area contributed by atoms with Gasteiger partial charge in [0.05, 0.1) is 6.61 Å². The highest BCUT2D eigenvalue weighted by Gasteiger charge is 2.46. The van der Waals surface area contributed by atoms with E-state index in [-0.39, 0.29) is 0 Å². The normalized spacial score (nSPS) is 33.6. The molecule has 100 valence electrons. The summed E-state index contributed by atoms with van der Waals surface area (Å²) in [6, 6.07) is 9.33. The molecule has 5 atom stereocenters. The molecule has 2 rings (SSSR count). The lowest BCUT2D eigenvalue weighted by Gasteiger charge is -2.18. The van der Waals surface area contributed by atoms with Gasteiger partial charge in [0.1, 0.15) is 29.9 Å². The van der Waals surface area contributed by atoms with E-state index in [1.54, 1.807) is 0 Å². The first kappa shape index (κ1) is 13.8. The molecule has 4 N–H and O–H groups in total. The maximum Gasteiger partial charge on any atom is 0.136 e. The van der Waals surface area contributed by atoms with Crippen molar-refractivity contribution in [2.24, 2.45) is 0 Å². The fraction of sp³-hybridized carbons (Fsp3) is 0.500. The second-order valence-corrected chi connectivity index (χ2v) is 5.30. The van der Waals surface area contributed by atoms with Crippen LogP contribution in [0.15, 0.2) is 35.2 Å². The zero-order chi connectivity index (χ0) is 13.1. The van der Waals surface area contributed by atoms with E-state index in [2.05, 4.69) is 0 Å². The summed E-state index contributed by atoms with van der Waals surface area (Å²) in [7, 11) is 0. The molecule has 0 spiro atoms. The molecule has 6 heteroatoms. The third-order valence-corrected chi connectivity index (χ3v) is 3.98. The molecule has 0 amide bonds. The van der Waals surface area contributed by atoms with Crippen LogP contribution in [0.3, 0.4) is 0 Å². The fourth-order valence-corrected chi connectivity index (χ4v) is 2.89. The molecule has 0 aromatic heterocycles. The van der Waals surface area contributed by atoms with Crippen LogP contribution in [0.25, 0.3) is 0 Å². The monoisotopic (exact) mass is 272 g/mol. The quantitative estimate of drug-likeness (QED) is 0.595. The smallest absolute Gasteiger partial charge is 0.136 e. The molecular formula is C12H16O5S. The highest BCUT2D eigenvalue weighted by atomic mass is 32.2. The van der Waals surface area contributed by atoms with Crippen LogP contribution >= 0.6 is 11.8 Å². The van der Waals surface area contributed by atoms with Crippen LogP contribution in [0, 0.1) is 0 Å². The van der Waals surface area contributed by atoms with Gasteiger partial charge in [0, 0.05) is 4.90 Å². The van der Waals surface area contributed by atoms with Crippen LogP contribution in [0.5, 0.6) is 0 Å². The first-order chi connectivity index (χ1) is 8.63. The summed E-state index contributed by atoms with van der Waals surface area (Å²) in [5.74, 6) is 0. The second kappa shape index (κ2) is 6.01. The van der Waals surface area contributed by atoms with E-state index in [4.69, 9.17) is 9.84 Å². The minimum atomic E-state index is -1.20. The van der Waals surface area contributed by atoms with Crippen molar-refractivity contribution in [1.82, 2.24) is 0 Å². The standard InChI is InChI=1S/C12H16O5S/c13-6-8(14)11-9(15)10(16)12(17-11)18-7-4-2-1-3-5-7/h1-5,8-16H,6H2/t8-,9?,10?,11?,12+/m0/s1. The largest absolute Gasteiger partial charge is 0.394 e. The summed E-state index contributed by atoms with van der Waals surface area (Å²) in [5.41, 5.74) is -0.659. The van der Waals surface area contributed by atoms with E-state index in [9.17, 15) is 15.3 Å². The van der Waals surface area contributed by atoms with Crippen LogP contribution in [-0.4, -0.2) is 56.9 Å². The van der Waals surface area contributed by atoms with Crippen LogP contribution < -0.4 is 0 Å². The zero-order valence-electron chi connectivity index (χ0n) is 9.59. The van der Waals surface area contributed by atoms with Crippen molar-refractivity contribution >= 4 is 11.8 Å². The molecule has 1 heterocycles. The van der Waals surface area contributed by atoms with Gasteiger partial charge in [0.2, 0.25) is 0 Å². The predicted molar refractivity (Wildman–Crippen MR) is 66.1 cm³/mol. The number of aliphatic hydroxyl groups excluding tert-OH is 4. The Morgan fingerprint density at radius 1 is 1.17 bits per heavy atom. The summed E-state index contributed by atoms with van der Waals surface area (Å²) in [6.07, 6.45) is -4.46. The maximum absolute atomic E-state index is 9.85. The third-order valence-electron chi connectivity index (χ3n) is 2.82. The van der Waals surface area contributed by atoms with E-state index in [0.29, 0.717) is 0 Å². The molecule has 0 bridgehead atoms. The molecule has 5 nitrogen and oxygen atoms in total. The molecule has 0 radical (unpaired) electrons. The van der Waals surface area contributed by atoms with Crippen molar-refractivity contribution in [1.29, 1.82) is 0 Å². The number of rotatable bonds is 4. The Balaban J connectivity index is 2.03. The Bertz CT molecular complexity index is 374. The second-order valence-electron chi connectivity index (χ2n) is 4.13. The van der Waals surface area contributed by atoms with Gasteiger partial charge in [0.15, 0.2) is 0 Å². The summed E-state index contributed by atoms with van der Waals surface area (Å²) >= 11 is 1.27. The number of aliphatic hydroxyl groups is 4. The molecule has 1 aliphatic rings. The Hall–Kier alpha value is -0.630. The van der Waals surface area contributed by atoms with Crippen LogP contribution in [0.1, 0.15) is 0 Å². The van der Waals surface area contributed by atoms with E-state index >= 15 is 0 Å². The van der Waals surface area contributed by atoms with Crippen molar-refractivity contribution in [3.05, 3.63) is 30.3 Å². The topological polar surface area (TPSA) is 90.2 Å². The van der Waals surface area contributed by atoms with Gasteiger partial charge >= 0.3 is 0 Å². The molecule has 0 aliphatic carbocycles. The highest BCUT2D eigenvalue weighted by Crippen LogP contribution is 2.35. The number of hydrogen-bond acceptors (Lipinski definition) is 6. The third kappa shape index (κ3) is 2.85. The van der Waals surface area contributed by atoms with Gasteiger partial charge < -0.3 is 25.2 Å². The molecule has 1 aromatic carbocycles. The van der Waals surface area contributed by atoms with Gasteiger partial charge in [-0.25, -0.2) is 0 Å². The number of thioether (sulfide) groups is 1. The van der Waals surface area contributed by atoms with Crippen molar-refractivity contribution in [2.45, 2.75) is 34.7 Å². The molecule has 1 aromatic rings. The molecule has 3 unspecified atom stereocenters. The number of benzene rings is 1. The highest BCUT2D eigenvalue weighted by molar-refractivity contribution is 7.99. The van der Waals surface area contributed by atoms with Crippen LogP contribution in [0.2, 0.25) is 0 Å². The Kier molecular flexibility index (Phi) is 4.60. The summed E-state index contributed by atoms with van der Waals surface area (Å²) < 4.78 is 5.40. The van der Waals surface area contributed by atoms with E-state index in [1.165, 1.54) is 11.8 Å². The van der Waals surface area contributed by atoms with E-state index in [1.807, 2.05) is 30.3 Å². The first-order valence-corrected chi connectivity index (χ1v) is 6.53. The van der Waals surface area contributed by atoms with Crippen molar-refractivity contribution in [2.75, 3.05) is 6.61 Å². The van der Waals surface area contributed by atoms with Gasteiger partial charge in [-0.3, -0.25) is 0 Å². The Labute approximate surface area is 109 Å². The van der Waals surface area contributed by atoms with Gasteiger partial charge in [-0.15, -0.1) is 0 Å². The molecule has 18 heavy (non-hydrogen) atoms. The molecule has 1 aliphatic heterocycles. The van der Waals surface area contributed by atoms with Crippen molar-refractivity contribution in [3.8, 4) is 0 Å². The lowest BCUT2D eigenvalue weighted by molar-refractivity contribution is -0.0713. The van der Waals surface area contributed by atoms with E-state index < -0.39 is 36.5 Å². The summed E-state index contributed by atoms with van der Waals surface area (Å²) in [5, 5.41) is 37.9. The molecule has 1 saturated heterocycles. The summed E-state index contributed by atoms with van der Waals surface area (Å²) in [6.45, 7) is -0.517. The van der Waals surface area contributed by atoms with Crippen molar-refractivity contribution < 1.29 is 25.2 Å². The lowest BCUT2D eigenvalue weighted by atomic mass is 10.1. The minimum Gasteiger partial charge on any atom is -0.394 e. The average molecular weight is 272 g/mol. The Morgan fingerprint density at radius 3 is 2.44 bits per heavy atom. The first-order valence-electron chi connectivity index (χ1n) is 5.65. The number of ether oxygens (including phenoxy) is 1. The number of hydrogen-bond donors (Lipinski definition) is 4. The molecular weight excluding hydrogens is 256 g/mol. The minimum absolute atomic E-state index is 0.517. The van der Waals surface area contributed by atoms with Gasteiger partial charge in [0.25, 0.3) is 0 Å². The maximum atomic E-state index is 9.85. The fourth-order valence-electron chi connectivity index (χ4n) is 1.82. The van der Waals surface area contributed by atoms with Crippen LogP contribution in [0.4, 0.5) is 0 Å². The van der Waals surface area contributed by atoms with Crippen LogP contribution in [-0.2, 0) is 4.74 Å². The molecule has 1 fully saturated rings. The SMILES string of the molecule is OC[C@H](O)C1O[C@H](Sc2ccccc2)C(O)C1O. The van der Waals surface area contributed by atoms with Gasteiger partial charge in [-0.05, 0) is 12.1 Å². The molecule has 0 saturated carbocycles. The van der Waals surface area contributed by atoms with E-state index in [0.717, 1.165) is 4.90 Å². The lowest BCUT2D eigenvalue weighted by Crippen LogP contribution is -2.40. The zero-order valence-corrected chi connectivity index (χ0v) is 10.4. The predicted octanol–water partition coefficient (Wildman–Crippen LogP) is -0.421. The Morgan fingerprint density at radius 2 is 1.83 bits per heavy atom.